The molecule has 0 fully saturated rings. The highest BCUT2D eigenvalue weighted by Crippen LogP contribution is 2.09. The van der Waals surface area contributed by atoms with Crippen molar-refractivity contribution in [1.82, 2.24) is 0 Å². The van der Waals surface area contributed by atoms with Crippen molar-refractivity contribution < 1.29 is 14.4 Å². The number of nitrogens with one attached hydrogen (secondary N) is 1. The molecule has 1 aromatic rings. The number of hydrogen-bond donors (Lipinski definition) is 1. The molecule has 0 saturated carbocycles. The van der Waals surface area contributed by atoms with Crippen molar-refractivity contribution in [2.24, 2.45) is 0 Å². The summed E-state index contributed by atoms with van der Waals surface area (Å²) in [6.07, 6.45) is 0.821. The first-order valence-corrected chi connectivity index (χ1v) is 5.43. The van der Waals surface area contributed by atoms with Gasteiger partial charge < -0.3 is 10.1 Å². The van der Waals surface area contributed by atoms with Gasteiger partial charge in [0.1, 0.15) is 12.1 Å². The van der Waals surface area contributed by atoms with Gasteiger partial charge in [-0.1, -0.05) is 11.8 Å². The zero-order valence-corrected chi connectivity index (χ0v) is 10.0. The monoisotopic (exact) mass is 243 g/mol. The molecule has 0 atom stereocenters. The molecular formula is C14H13NO3. The van der Waals surface area contributed by atoms with E-state index in [0.29, 0.717) is 5.69 Å². The normalized spacial score (nSPS) is 8.94. The van der Waals surface area contributed by atoms with Gasteiger partial charge in [-0.05, 0) is 31.2 Å². The summed E-state index contributed by atoms with van der Waals surface area (Å²) in [6, 6.07) is 6.87. The van der Waals surface area contributed by atoms with E-state index in [9.17, 15) is 14.4 Å². The van der Waals surface area contributed by atoms with Gasteiger partial charge in [0.2, 0.25) is 5.91 Å². The Kier molecular flexibility index (Phi) is 5.33. The number of carbonyl (C=O) groups excluding carboxylic acids is 3. The molecule has 1 N–H and O–H groups in total. The molecule has 1 rings (SSSR count). The van der Waals surface area contributed by atoms with Gasteiger partial charge in [0, 0.05) is 11.3 Å². The minimum Gasteiger partial charge on any atom is -0.326 e. The first-order valence-electron chi connectivity index (χ1n) is 5.43. The lowest BCUT2D eigenvalue weighted by atomic mass is 10.2. The van der Waals surface area contributed by atoms with Gasteiger partial charge in [-0.15, -0.1) is 0 Å². The highest BCUT2D eigenvalue weighted by molar-refractivity contribution is 6.03. The number of carbonyl (C=O) groups is 3. The summed E-state index contributed by atoms with van der Waals surface area (Å²) in [5.41, 5.74) is 1.38. The average Bonchev–Trinajstić information content (AvgIpc) is 2.30. The van der Waals surface area contributed by atoms with Crippen LogP contribution in [0.3, 0.4) is 0 Å². The topological polar surface area (TPSA) is 63.2 Å². The van der Waals surface area contributed by atoms with Crippen LogP contribution in [-0.2, 0) is 14.4 Å². The van der Waals surface area contributed by atoms with Crippen LogP contribution in [0.4, 0.5) is 5.69 Å². The smallest absolute Gasteiger partial charge is 0.231 e. The molecule has 92 valence electrons. The minimum atomic E-state index is -0.331. The molecule has 1 aromatic carbocycles. The summed E-state index contributed by atoms with van der Waals surface area (Å²) in [4.78, 5) is 32.1. The zero-order chi connectivity index (χ0) is 13.4. The van der Waals surface area contributed by atoms with Crippen molar-refractivity contribution in [3.63, 3.8) is 0 Å². The standard InChI is InChI=1S/C14H13NO3/c1-11(17)10-14(18)15-13-7-5-12(6-8-13)4-2-3-9-16/h5-9H,3,10H2,1H3,(H,15,18). The van der Waals surface area contributed by atoms with Crippen molar-refractivity contribution in [1.29, 1.82) is 0 Å². The third-order valence-corrected chi connectivity index (χ3v) is 2.00. The summed E-state index contributed by atoms with van der Waals surface area (Å²) in [6.45, 7) is 1.37. The Hall–Kier alpha value is -2.41. The Labute approximate surface area is 105 Å². The molecule has 1 amide bonds. The van der Waals surface area contributed by atoms with E-state index >= 15 is 0 Å². The maximum absolute atomic E-state index is 11.3. The fraction of sp³-hybridized carbons (Fsp3) is 0.214. The highest BCUT2D eigenvalue weighted by atomic mass is 16.2. The number of anilines is 1. The van der Waals surface area contributed by atoms with Crippen LogP contribution in [-0.4, -0.2) is 18.0 Å². The van der Waals surface area contributed by atoms with Crippen LogP contribution in [0.5, 0.6) is 0 Å². The molecule has 0 radical (unpaired) electrons. The average molecular weight is 243 g/mol. The predicted octanol–water partition coefficient (Wildman–Crippen LogP) is 1.54. The maximum atomic E-state index is 11.3. The van der Waals surface area contributed by atoms with E-state index in [2.05, 4.69) is 17.2 Å². The van der Waals surface area contributed by atoms with E-state index < -0.39 is 0 Å². The fourth-order valence-corrected chi connectivity index (χ4v) is 1.26. The van der Waals surface area contributed by atoms with Crippen LogP contribution in [0.25, 0.3) is 0 Å². The molecule has 0 aromatic heterocycles. The number of rotatable bonds is 4. The number of amides is 1. The molecule has 4 heteroatoms. The van der Waals surface area contributed by atoms with Crippen molar-refractivity contribution in [3.8, 4) is 11.8 Å². The number of Topliss-reactive ketones (excluding diaryl/α,β-unsaturated/α-hetero) is 1. The largest absolute Gasteiger partial charge is 0.326 e. The second kappa shape index (κ2) is 7.02. The van der Waals surface area contributed by atoms with E-state index in [1.165, 1.54) is 6.92 Å². The van der Waals surface area contributed by atoms with Gasteiger partial charge in [-0.3, -0.25) is 9.59 Å². The zero-order valence-electron chi connectivity index (χ0n) is 10.0. The number of benzene rings is 1. The Morgan fingerprint density at radius 3 is 2.50 bits per heavy atom. The Morgan fingerprint density at radius 2 is 1.94 bits per heavy atom. The molecule has 0 saturated heterocycles. The molecule has 18 heavy (non-hydrogen) atoms. The highest BCUT2D eigenvalue weighted by Gasteiger charge is 2.04. The lowest BCUT2D eigenvalue weighted by Crippen LogP contribution is -2.14. The second-order valence-electron chi connectivity index (χ2n) is 3.68. The van der Waals surface area contributed by atoms with E-state index in [1.807, 2.05) is 0 Å². The molecule has 4 nitrogen and oxygen atoms in total. The third-order valence-electron chi connectivity index (χ3n) is 2.00. The maximum Gasteiger partial charge on any atom is 0.231 e. The second-order valence-corrected chi connectivity index (χ2v) is 3.68. The van der Waals surface area contributed by atoms with Gasteiger partial charge in [-0.2, -0.15) is 0 Å². The molecule has 0 bridgehead atoms. The van der Waals surface area contributed by atoms with Crippen molar-refractivity contribution in [2.75, 3.05) is 5.32 Å². The molecule has 0 unspecified atom stereocenters. The number of aldehydes is 1. The van der Waals surface area contributed by atoms with Gasteiger partial charge in [0.15, 0.2) is 0 Å². The number of ketones is 1. The van der Waals surface area contributed by atoms with Gasteiger partial charge in [0.25, 0.3) is 0 Å². The summed E-state index contributed by atoms with van der Waals surface area (Å²) in [5, 5.41) is 2.60. The lowest BCUT2D eigenvalue weighted by molar-refractivity contribution is -0.124. The van der Waals surface area contributed by atoms with Crippen molar-refractivity contribution in [2.45, 2.75) is 19.8 Å². The predicted molar refractivity (Wildman–Crippen MR) is 67.9 cm³/mol. The van der Waals surface area contributed by atoms with Crippen LogP contribution >= 0.6 is 0 Å². The summed E-state index contributed by atoms with van der Waals surface area (Å²) >= 11 is 0. The molecular weight excluding hydrogens is 230 g/mol. The first-order chi connectivity index (χ1) is 8.61. The van der Waals surface area contributed by atoms with Crippen LogP contribution in [0.1, 0.15) is 25.3 Å². The summed E-state index contributed by atoms with van der Waals surface area (Å²) in [5.74, 6) is 4.99. The van der Waals surface area contributed by atoms with Crippen molar-refractivity contribution in [3.05, 3.63) is 29.8 Å². The van der Waals surface area contributed by atoms with Crippen LogP contribution < -0.4 is 5.32 Å². The van der Waals surface area contributed by atoms with Crippen molar-refractivity contribution >= 4 is 23.7 Å². The van der Waals surface area contributed by atoms with E-state index in [0.717, 1.165) is 11.8 Å². The molecule has 0 aliphatic carbocycles. The third kappa shape index (κ3) is 5.08. The lowest BCUT2D eigenvalue weighted by Gasteiger charge is -2.03. The minimum absolute atomic E-state index is 0.124. The van der Waals surface area contributed by atoms with Gasteiger partial charge >= 0.3 is 0 Å². The molecule has 0 aliphatic rings. The van der Waals surface area contributed by atoms with E-state index in [-0.39, 0.29) is 24.5 Å². The molecule has 0 spiro atoms. The van der Waals surface area contributed by atoms with Crippen LogP contribution in [0.2, 0.25) is 0 Å². The van der Waals surface area contributed by atoms with Gasteiger partial charge in [-0.25, -0.2) is 0 Å². The summed E-state index contributed by atoms with van der Waals surface area (Å²) < 4.78 is 0. The summed E-state index contributed by atoms with van der Waals surface area (Å²) in [7, 11) is 0. The SMILES string of the molecule is CC(=O)CC(=O)Nc1ccc(C#CCC=O)cc1. The van der Waals surface area contributed by atoms with E-state index in [1.54, 1.807) is 24.3 Å². The quantitative estimate of drug-likeness (QED) is 0.495. The van der Waals surface area contributed by atoms with Crippen LogP contribution in [0, 0.1) is 11.8 Å². The Bertz CT molecular complexity index is 506. The van der Waals surface area contributed by atoms with Gasteiger partial charge in [0.05, 0.1) is 12.8 Å². The first kappa shape index (κ1) is 13.7. The number of hydrogen-bond acceptors (Lipinski definition) is 3. The fourth-order valence-electron chi connectivity index (χ4n) is 1.26. The molecule has 0 heterocycles. The van der Waals surface area contributed by atoms with Crippen LogP contribution in [0.15, 0.2) is 24.3 Å². The molecule has 0 aliphatic heterocycles. The Morgan fingerprint density at radius 1 is 1.28 bits per heavy atom. The van der Waals surface area contributed by atoms with E-state index in [4.69, 9.17) is 0 Å². The Balaban J connectivity index is 2.61.